The molecule has 0 amide bonds. The fourth-order valence-electron chi connectivity index (χ4n) is 2.81. The molecule has 1 fully saturated rings. The highest BCUT2D eigenvalue weighted by molar-refractivity contribution is 9.10. The molecule has 1 saturated carbocycles. The van der Waals surface area contributed by atoms with Crippen LogP contribution in [0, 0.1) is 5.92 Å². The summed E-state index contributed by atoms with van der Waals surface area (Å²) in [6.07, 6.45) is 9.03. The molecule has 0 saturated heterocycles. The quantitative estimate of drug-likeness (QED) is 0.784. The molecule has 2 rings (SSSR count). The molecule has 0 spiro atoms. The summed E-state index contributed by atoms with van der Waals surface area (Å²) in [6, 6.07) is 6.10. The molecule has 0 unspecified atom stereocenters. The predicted molar refractivity (Wildman–Crippen MR) is 87.6 cm³/mol. The molecule has 0 bridgehead atoms. The summed E-state index contributed by atoms with van der Waals surface area (Å²) in [7, 11) is 2.01. The van der Waals surface area contributed by atoms with E-state index in [4.69, 9.17) is 11.6 Å². The van der Waals surface area contributed by atoms with Gasteiger partial charge in [0.2, 0.25) is 0 Å². The predicted octanol–water partition coefficient (Wildman–Crippen LogP) is 5.29. The van der Waals surface area contributed by atoms with E-state index in [9.17, 15) is 0 Å². The van der Waals surface area contributed by atoms with E-state index in [1.54, 1.807) is 0 Å². The van der Waals surface area contributed by atoms with Crippen LogP contribution in [0.15, 0.2) is 28.2 Å². The van der Waals surface area contributed by atoms with Crippen LogP contribution in [0.25, 0.3) is 6.08 Å². The van der Waals surface area contributed by atoms with Crippen LogP contribution >= 0.6 is 27.5 Å². The third-order valence-corrected chi connectivity index (χ3v) is 4.63. The minimum Gasteiger partial charge on any atom is -0.316 e. The zero-order valence-corrected chi connectivity index (χ0v) is 13.7. The van der Waals surface area contributed by atoms with Crippen LogP contribution < -0.4 is 5.32 Å². The summed E-state index contributed by atoms with van der Waals surface area (Å²) < 4.78 is 1.03. The summed E-state index contributed by atoms with van der Waals surface area (Å²) >= 11 is 9.77. The molecule has 0 aromatic heterocycles. The number of benzene rings is 1. The maximum Gasteiger partial charge on any atom is 0.0489 e. The Hall–Kier alpha value is -0.310. The highest BCUT2D eigenvalue weighted by Gasteiger charge is 2.17. The van der Waals surface area contributed by atoms with Crippen molar-refractivity contribution in [3.05, 3.63) is 38.8 Å². The lowest BCUT2D eigenvalue weighted by Gasteiger charge is -2.24. The molecule has 0 aliphatic heterocycles. The van der Waals surface area contributed by atoms with Crippen molar-refractivity contribution in [2.75, 3.05) is 13.6 Å². The number of halogens is 2. The topological polar surface area (TPSA) is 12.0 Å². The van der Waals surface area contributed by atoms with Crippen molar-refractivity contribution in [1.29, 1.82) is 0 Å². The lowest BCUT2D eigenvalue weighted by Crippen LogP contribution is -2.19. The molecular formula is C16H21BrClN. The van der Waals surface area contributed by atoms with Crippen LogP contribution in [-0.2, 0) is 0 Å². The summed E-state index contributed by atoms with van der Waals surface area (Å²) in [5, 5.41) is 4.11. The fourth-order valence-corrected chi connectivity index (χ4v) is 3.54. The van der Waals surface area contributed by atoms with Crippen molar-refractivity contribution in [2.24, 2.45) is 5.92 Å². The van der Waals surface area contributed by atoms with Gasteiger partial charge in [-0.1, -0.05) is 64.5 Å². The highest BCUT2D eigenvalue weighted by atomic mass is 79.9. The van der Waals surface area contributed by atoms with Crippen molar-refractivity contribution in [1.82, 2.24) is 5.32 Å². The number of nitrogens with one attached hydrogen (secondary N) is 1. The summed E-state index contributed by atoms with van der Waals surface area (Å²) in [6.45, 7) is 0.955. The van der Waals surface area contributed by atoms with Gasteiger partial charge in [0.25, 0.3) is 0 Å². The molecule has 0 heterocycles. The fraction of sp³-hybridized carbons (Fsp3) is 0.500. The lowest BCUT2D eigenvalue weighted by atomic mass is 9.83. The van der Waals surface area contributed by atoms with E-state index in [0.29, 0.717) is 0 Å². The average molecular weight is 343 g/mol. The van der Waals surface area contributed by atoms with Gasteiger partial charge in [-0.3, -0.25) is 0 Å². The Morgan fingerprint density at radius 3 is 2.74 bits per heavy atom. The van der Waals surface area contributed by atoms with Crippen molar-refractivity contribution >= 4 is 33.6 Å². The maximum absolute atomic E-state index is 6.32. The third-order valence-electron chi connectivity index (χ3n) is 3.81. The van der Waals surface area contributed by atoms with Gasteiger partial charge < -0.3 is 5.32 Å². The zero-order chi connectivity index (χ0) is 13.7. The minimum absolute atomic E-state index is 0.723. The van der Waals surface area contributed by atoms with Gasteiger partial charge in [0.05, 0.1) is 0 Å². The third kappa shape index (κ3) is 4.34. The van der Waals surface area contributed by atoms with Gasteiger partial charge in [0.1, 0.15) is 0 Å². The molecule has 1 aromatic rings. The first kappa shape index (κ1) is 15.1. The smallest absolute Gasteiger partial charge is 0.0489 e. The van der Waals surface area contributed by atoms with Gasteiger partial charge in [0, 0.05) is 16.0 Å². The Morgan fingerprint density at radius 2 is 2.11 bits per heavy atom. The summed E-state index contributed by atoms with van der Waals surface area (Å²) in [5.41, 5.74) is 2.62. The Balaban J connectivity index is 2.23. The Bertz CT molecular complexity index is 450. The molecule has 19 heavy (non-hydrogen) atoms. The van der Waals surface area contributed by atoms with Crippen LogP contribution in [0.5, 0.6) is 0 Å². The van der Waals surface area contributed by atoms with Gasteiger partial charge in [0.15, 0.2) is 0 Å². The average Bonchev–Trinajstić information content (AvgIpc) is 2.42. The first-order chi connectivity index (χ1) is 9.20. The molecule has 1 aromatic carbocycles. The molecule has 0 radical (unpaired) electrons. The maximum atomic E-state index is 6.32. The Morgan fingerprint density at radius 1 is 1.37 bits per heavy atom. The van der Waals surface area contributed by atoms with Crippen LogP contribution in [0.3, 0.4) is 0 Å². The van der Waals surface area contributed by atoms with E-state index >= 15 is 0 Å². The normalized spacial score (nSPS) is 17.7. The molecule has 3 heteroatoms. The van der Waals surface area contributed by atoms with E-state index in [1.165, 1.54) is 37.7 Å². The van der Waals surface area contributed by atoms with Crippen molar-refractivity contribution in [3.8, 4) is 0 Å². The van der Waals surface area contributed by atoms with Gasteiger partial charge in [-0.25, -0.2) is 0 Å². The van der Waals surface area contributed by atoms with E-state index in [1.807, 2.05) is 13.1 Å². The number of likely N-dealkylation sites (N-methyl/N-ethyl adjacent to an activating group) is 1. The molecule has 1 aliphatic rings. The molecule has 1 aliphatic carbocycles. The first-order valence-electron chi connectivity index (χ1n) is 7.01. The second kappa shape index (κ2) is 7.47. The van der Waals surface area contributed by atoms with Crippen molar-refractivity contribution < 1.29 is 0 Å². The van der Waals surface area contributed by atoms with Crippen molar-refractivity contribution in [3.63, 3.8) is 0 Å². The molecular weight excluding hydrogens is 322 g/mol. The minimum atomic E-state index is 0.723. The molecule has 1 nitrogen and oxygen atoms in total. The SMILES string of the molecule is CNC/C(=C/c1ccc(Br)cc1Cl)C1CCCCC1. The van der Waals surface area contributed by atoms with E-state index in [-0.39, 0.29) is 0 Å². The molecule has 0 atom stereocenters. The van der Waals surface area contributed by atoms with E-state index in [0.717, 1.165) is 27.5 Å². The van der Waals surface area contributed by atoms with Gasteiger partial charge in [-0.15, -0.1) is 0 Å². The monoisotopic (exact) mass is 341 g/mol. The van der Waals surface area contributed by atoms with E-state index in [2.05, 4.69) is 39.5 Å². The van der Waals surface area contributed by atoms with Crippen molar-refractivity contribution in [2.45, 2.75) is 32.1 Å². The lowest BCUT2D eigenvalue weighted by molar-refractivity contribution is 0.398. The van der Waals surface area contributed by atoms with Crippen LogP contribution in [0.1, 0.15) is 37.7 Å². The largest absolute Gasteiger partial charge is 0.316 e. The molecule has 1 N–H and O–H groups in total. The second-order valence-electron chi connectivity index (χ2n) is 5.25. The van der Waals surface area contributed by atoms with Crippen LogP contribution in [0.2, 0.25) is 5.02 Å². The first-order valence-corrected chi connectivity index (χ1v) is 8.18. The van der Waals surface area contributed by atoms with Gasteiger partial charge >= 0.3 is 0 Å². The molecule has 104 valence electrons. The van der Waals surface area contributed by atoms with Gasteiger partial charge in [-0.05, 0) is 43.5 Å². The zero-order valence-electron chi connectivity index (χ0n) is 11.4. The Labute approximate surface area is 129 Å². The van der Waals surface area contributed by atoms with Crippen LogP contribution in [-0.4, -0.2) is 13.6 Å². The van der Waals surface area contributed by atoms with Gasteiger partial charge in [-0.2, -0.15) is 0 Å². The van der Waals surface area contributed by atoms with Crippen LogP contribution in [0.4, 0.5) is 0 Å². The number of hydrogen-bond acceptors (Lipinski definition) is 1. The standard InChI is InChI=1S/C16H21BrClN/c1-19-11-14(12-5-3-2-4-6-12)9-13-7-8-15(17)10-16(13)18/h7-10,12,19H,2-6,11H2,1H3/b14-9-. The summed E-state index contributed by atoms with van der Waals surface area (Å²) in [4.78, 5) is 0. The summed E-state index contributed by atoms with van der Waals surface area (Å²) in [5.74, 6) is 0.723. The number of hydrogen-bond donors (Lipinski definition) is 1. The second-order valence-corrected chi connectivity index (χ2v) is 6.57. The van der Waals surface area contributed by atoms with E-state index < -0.39 is 0 Å². The Kier molecular flexibility index (Phi) is 5.93. The number of rotatable bonds is 4. The highest BCUT2D eigenvalue weighted by Crippen LogP contribution is 2.32.